The van der Waals surface area contributed by atoms with E-state index in [4.69, 9.17) is 5.73 Å². The number of benzene rings is 1. The Morgan fingerprint density at radius 2 is 1.89 bits per heavy atom. The molecular formula is C12H14N2O2S2. The second kappa shape index (κ2) is 5.62. The fraction of sp³-hybridized carbons (Fsp3) is 0.167. The lowest BCUT2D eigenvalue weighted by Gasteiger charge is -2.12. The van der Waals surface area contributed by atoms with Gasteiger partial charge in [0, 0.05) is 12.6 Å². The lowest BCUT2D eigenvalue weighted by molar-refractivity contribution is 0.574. The van der Waals surface area contributed by atoms with E-state index in [1.54, 1.807) is 17.5 Å². The summed E-state index contributed by atoms with van der Waals surface area (Å²) in [7, 11) is -3.43. The molecule has 0 fully saturated rings. The molecule has 1 heterocycles. The van der Waals surface area contributed by atoms with Gasteiger partial charge in [0.2, 0.25) is 10.0 Å². The van der Waals surface area contributed by atoms with Crippen LogP contribution in [0.3, 0.4) is 0 Å². The Labute approximate surface area is 111 Å². The van der Waals surface area contributed by atoms with Crippen molar-refractivity contribution in [1.82, 2.24) is 4.72 Å². The van der Waals surface area contributed by atoms with Gasteiger partial charge in [-0.05, 0) is 17.0 Å². The highest BCUT2D eigenvalue weighted by atomic mass is 32.2. The highest BCUT2D eigenvalue weighted by molar-refractivity contribution is 7.91. The van der Waals surface area contributed by atoms with Crippen molar-refractivity contribution in [3.63, 3.8) is 0 Å². The number of hydrogen-bond acceptors (Lipinski definition) is 4. The molecule has 1 atom stereocenters. The van der Waals surface area contributed by atoms with Gasteiger partial charge in [0.1, 0.15) is 4.21 Å². The molecule has 2 aromatic rings. The zero-order valence-corrected chi connectivity index (χ0v) is 11.2. The van der Waals surface area contributed by atoms with Crippen molar-refractivity contribution in [3.8, 4) is 0 Å². The topological polar surface area (TPSA) is 72.2 Å². The fourth-order valence-corrected chi connectivity index (χ4v) is 3.60. The van der Waals surface area contributed by atoms with E-state index in [2.05, 4.69) is 4.72 Å². The molecule has 6 heteroatoms. The summed E-state index contributed by atoms with van der Waals surface area (Å²) >= 11 is 1.19. The molecule has 0 saturated heterocycles. The first-order chi connectivity index (χ1) is 8.59. The van der Waals surface area contributed by atoms with Gasteiger partial charge in [-0.15, -0.1) is 11.3 Å². The van der Waals surface area contributed by atoms with E-state index in [-0.39, 0.29) is 12.6 Å². The Morgan fingerprint density at radius 1 is 1.17 bits per heavy atom. The number of rotatable bonds is 5. The molecule has 1 aromatic carbocycles. The predicted octanol–water partition coefficient (Wildman–Crippen LogP) is 1.73. The van der Waals surface area contributed by atoms with E-state index in [9.17, 15) is 8.42 Å². The summed E-state index contributed by atoms with van der Waals surface area (Å²) in [6.07, 6.45) is 0. The van der Waals surface area contributed by atoms with Gasteiger partial charge in [-0.3, -0.25) is 0 Å². The minimum atomic E-state index is -3.43. The average molecular weight is 282 g/mol. The van der Waals surface area contributed by atoms with Crippen LogP contribution in [0.5, 0.6) is 0 Å². The zero-order valence-electron chi connectivity index (χ0n) is 9.61. The van der Waals surface area contributed by atoms with Crippen molar-refractivity contribution in [1.29, 1.82) is 0 Å². The lowest BCUT2D eigenvalue weighted by atomic mass is 10.1. The molecule has 18 heavy (non-hydrogen) atoms. The van der Waals surface area contributed by atoms with Crippen molar-refractivity contribution in [2.24, 2.45) is 5.73 Å². The fourth-order valence-electron chi connectivity index (χ4n) is 1.51. The molecule has 0 spiro atoms. The number of nitrogens with two attached hydrogens (primary N) is 1. The van der Waals surface area contributed by atoms with E-state index in [1.165, 1.54) is 11.3 Å². The van der Waals surface area contributed by atoms with Crippen LogP contribution in [-0.2, 0) is 10.0 Å². The normalized spacial score (nSPS) is 13.4. The maximum atomic E-state index is 11.9. The van der Waals surface area contributed by atoms with Crippen LogP contribution in [0.15, 0.2) is 52.1 Å². The van der Waals surface area contributed by atoms with Crippen molar-refractivity contribution >= 4 is 21.4 Å². The SMILES string of the molecule is NC(CNS(=O)(=O)c1cccs1)c1ccccc1. The van der Waals surface area contributed by atoms with Crippen LogP contribution in [0.1, 0.15) is 11.6 Å². The van der Waals surface area contributed by atoms with Crippen LogP contribution >= 0.6 is 11.3 Å². The monoisotopic (exact) mass is 282 g/mol. The van der Waals surface area contributed by atoms with Gasteiger partial charge in [0.15, 0.2) is 0 Å². The molecule has 4 nitrogen and oxygen atoms in total. The van der Waals surface area contributed by atoms with Gasteiger partial charge in [0.25, 0.3) is 0 Å². The number of nitrogens with one attached hydrogen (secondary N) is 1. The smallest absolute Gasteiger partial charge is 0.250 e. The van der Waals surface area contributed by atoms with E-state index >= 15 is 0 Å². The molecular weight excluding hydrogens is 268 g/mol. The van der Waals surface area contributed by atoms with Gasteiger partial charge in [0.05, 0.1) is 0 Å². The standard InChI is InChI=1S/C12H14N2O2S2/c13-11(10-5-2-1-3-6-10)9-14-18(15,16)12-7-4-8-17-12/h1-8,11,14H,9,13H2. The summed E-state index contributed by atoms with van der Waals surface area (Å²) in [5, 5.41) is 1.73. The first-order valence-corrected chi connectivity index (χ1v) is 7.79. The van der Waals surface area contributed by atoms with Crippen molar-refractivity contribution < 1.29 is 8.42 Å². The quantitative estimate of drug-likeness (QED) is 0.877. The Bertz CT molecular complexity index is 580. The summed E-state index contributed by atoms with van der Waals surface area (Å²) in [5.74, 6) is 0. The zero-order chi connectivity index (χ0) is 13.0. The molecule has 1 unspecified atom stereocenters. The minimum Gasteiger partial charge on any atom is -0.323 e. The Balaban J connectivity index is 2.00. The number of sulfonamides is 1. The molecule has 0 bridgehead atoms. The number of thiophene rings is 1. The van der Waals surface area contributed by atoms with Crippen LogP contribution in [0.25, 0.3) is 0 Å². The van der Waals surface area contributed by atoms with Crippen LogP contribution < -0.4 is 10.5 Å². The minimum absolute atomic E-state index is 0.185. The van der Waals surface area contributed by atoms with Crippen molar-refractivity contribution in [3.05, 3.63) is 53.4 Å². The Kier molecular flexibility index (Phi) is 4.13. The van der Waals surface area contributed by atoms with Gasteiger partial charge in [-0.25, -0.2) is 13.1 Å². The largest absolute Gasteiger partial charge is 0.323 e. The van der Waals surface area contributed by atoms with Gasteiger partial charge in [-0.2, -0.15) is 0 Å². The summed E-state index contributed by atoms with van der Waals surface area (Å²) < 4.78 is 26.6. The van der Waals surface area contributed by atoms with Gasteiger partial charge in [-0.1, -0.05) is 36.4 Å². The summed E-state index contributed by atoms with van der Waals surface area (Å²) in [4.78, 5) is 0. The van der Waals surface area contributed by atoms with Crippen molar-refractivity contribution in [2.45, 2.75) is 10.3 Å². The van der Waals surface area contributed by atoms with Crippen LogP contribution in [0, 0.1) is 0 Å². The summed E-state index contributed by atoms with van der Waals surface area (Å²) in [6.45, 7) is 0.185. The van der Waals surface area contributed by atoms with E-state index in [1.807, 2.05) is 30.3 Å². The van der Waals surface area contributed by atoms with Crippen molar-refractivity contribution in [2.75, 3.05) is 6.54 Å². The second-order valence-corrected chi connectivity index (χ2v) is 6.74. The third-order valence-electron chi connectivity index (χ3n) is 2.48. The summed E-state index contributed by atoms with van der Waals surface area (Å²) in [5.41, 5.74) is 6.84. The number of hydrogen-bond donors (Lipinski definition) is 2. The second-order valence-electron chi connectivity index (χ2n) is 3.80. The van der Waals surface area contributed by atoms with Crippen LogP contribution in [-0.4, -0.2) is 15.0 Å². The van der Waals surface area contributed by atoms with Gasteiger partial charge >= 0.3 is 0 Å². The molecule has 1 aromatic heterocycles. The maximum absolute atomic E-state index is 11.9. The molecule has 2 rings (SSSR count). The van der Waals surface area contributed by atoms with E-state index < -0.39 is 10.0 Å². The van der Waals surface area contributed by atoms with E-state index in [0.717, 1.165) is 5.56 Å². The Morgan fingerprint density at radius 3 is 2.50 bits per heavy atom. The highest BCUT2D eigenvalue weighted by Crippen LogP contribution is 2.16. The molecule has 0 aliphatic rings. The molecule has 0 amide bonds. The Hall–Kier alpha value is -1.21. The maximum Gasteiger partial charge on any atom is 0.250 e. The molecule has 96 valence electrons. The third kappa shape index (κ3) is 3.17. The lowest BCUT2D eigenvalue weighted by Crippen LogP contribution is -2.31. The molecule has 0 aliphatic carbocycles. The van der Waals surface area contributed by atoms with Crippen LogP contribution in [0.2, 0.25) is 0 Å². The molecule has 0 radical (unpaired) electrons. The first kappa shape index (κ1) is 13.2. The van der Waals surface area contributed by atoms with Crippen LogP contribution in [0.4, 0.5) is 0 Å². The molecule has 0 aliphatic heterocycles. The highest BCUT2D eigenvalue weighted by Gasteiger charge is 2.16. The first-order valence-electron chi connectivity index (χ1n) is 5.43. The van der Waals surface area contributed by atoms with Gasteiger partial charge < -0.3 is 5.73 Å². The predicted molar refractivity (Wildman–Crippen MR) is 72.9 cm³/mol. The molecule has 3 N–H and O–H groups in total. The third-order valence-corrected chi connectivity index (χ3v) is 5.30. The summed E-state index contributed by atoms with van der Waals surface area (Å²) in [6, 6.07) is 12.3. The average Bonchev–Trinajstić information content (AvgIpc) is 2.92. The molecule has 0 saturated carbocycles. The van der Waals surface area contributed by atoms with E-state index in [0.29, 0.717) is 4.21 Å².